The Kier molecular flexibility index (Phi) is 4.56. The predicted octanol–water partition coefficient (Wildman–Crippen LogP) is 3.83. The van der Waals surface area contributed by atoms with Crippen LogP contribution in [-0.4, -0.2) is 11.9 Å². The lowest BCUT2D eigenvalue weighted by Gasteiger charge is -2.31. The number of amides is 1. The second-order valence-corrected chi connectivity index (χ2v) is 5.47. The lowest BCUT2D eigenvalue weighted by atomic mass is 9.83. The van der Waals surface area contributed by atoms with Gasteiger partial charge in [0.1, 0.15) is 5.82 Å². The molecule has 1 N–H and O–H groups in total. The fraction of sp³-hybridized carbons (Fsp3) is 0.562. The second-order valence-electron chi connectivity index (χ2n) is 5.47. The molecule has 0 saturated heterocycles. The Labute approximate surface area is 114 Å². The molecule has 0 bridgehead atoms. The Morgan fingerprint density at radius 3 is 2.84 bits per heavy atom. The number of hydrogen-bond acceptors (Lipinski definition) is 1. The lowest BCUT2D eigenvalue weighted by Crippen LogP contribution is -2.42. The molecule has 1 saturated carbocycles. The van der Waals surface area contributed by atoms with E-state index < -0.39 is 5.82 Å². The van der Waals surface area contributed by atoms with Crippen molar-refractivity contribution in [3.63, 3.8) is 0 Å². The van der Waals surface area contributed by atoms with Crippen molar-refractivity contribution in [2.45, 2.75) is 52.0 Å². The van der Waals surface area contributed by atoms with Crippen molar-refractivity contribution in [3.8, 4) is 0 Å². The Morgan fingerprint density at radius 2 is 2.11 bits per heavy atom. The highest BCUT2D eigenvalue weighted by Crippen LogP contribution is 2.27. The summed E-state index contributed by atoms with van der Waals surface area (Å²) in [7, 11) is 0. The minimum Gasteiger partial charge on any atom is -0.349 e. The summed E-state index contributed by atoms with van der Waals surface area (Å²) in [6.45, 7) is 3.84. The van der Waals surface area contributed by atoms with Gasteiger partial charge in [-0.25, -0.2) is 4.39 Å². The average molecular weight is 263 g/mol. The van der Waals surface area contributed by atoms with E-state index in [1.54, 1.807) is 25.1 Å². The molecular formula is C16H22FNO. The van der Waals surface area contributed by atoms with Crippen molar-refractivity contribution in [2.24, 2.45) is 5.92 Å². The van der Waals surface area contributed by atoms with Crippen LogP contribution in [-0.2, 0) is 0 Å². The quantitative estimate of drug-likeness (QED) is 0.882. The van der Waals surface area contributed by atoms with Gasteiger partial charge in [0, 0.05) is 6.04 Å². The first-order valence-corrected chi connectivity index (χ1v) is 7.19. The first-order chi connectivity index (χ1) is 9.13. The molecule has 2 rings (SSSR count). The zero-order valence-electron chi connectivity index (χ0n) is 11.7. The summed E-state index contributed by atoms with van der Waals surface area (Å²) in [4.78, 5) is 12.2. The van der Waals surface area contributed by atoms with Gasteiger partial charge in [-0.15, -0.1) is 0 Å². The van der Waals surface area contributed by atoms with E-state index in [4.69, 9.17) is 0 Å². The van der Waals surface area contributed by atoms with E-state index >= 15 is 0 Å². The van der Waals surface area contributed by atoms with Crippen LogP contribution < -0.4 is 5.32 Å². The monoisotopic (exact) mass is 263 g/mol. The topological polar surface area (TPSA) is 29.1 Å². The standard InChI is InChI=1S/C16H22FNO/c1-3-12-8-4-5-10-14(12)18-16(19)13-9-6-7-11(2)15(13)17/h6-7,9,12,14H,3-5,8,10H2,1-2H3,(H,18,19). The third kappa shape index (κ3) is 3.14. The zero-order valence-corrected chi connectivity index (χ0v) is 11.7. The van der Waals surface area contributed by atoms with E-state index in [0.29, 0.717) is 11.5 Å². The van der Waals surface area contributed by atoms with Crippen molar-refractivity contribution in [2.75, 3.05) is 0 Å². The van der Waals surface area contributed by atoms with Crippen LogP contribution in [0.3, 0.4) is 0 Å². The van der Waals surface area contributed by atoms with E-state index in [1.807, 2.05) is 0 Å². The third-order valence-corrected chi connectivity index (χ3v) is 4.19. The van der Waals surface area contributed by atoms with Crippen LogP contribution in [0.4, 0.5) is 4.39 Å². The van der Waals surface area contributed by atoms with E-state index in [-0.39, 0.29) is 17.5 Å². The molecule has 2 nitrogen and oxygen atoms in total. The average Bonchev–Trinajstić information content (AvgIpc) is 2.42. The third-order valence-electron chi connectivity index (χ3n) is 4.19. The molecule has 3 heteroatoms. The molecular weight excluding hydrogens is 241 g/mol. The molecule has 19 heavy (non-hydrogen) atoms. The van der Waals surface area contributed by atoms with E-state index in [1.165, 1.54) is 6.42 Å². The smallest absolute Gasteiger partial charge is 0.254 e. The van der Waals surface area contributed by atoms with Gasteiger partial charge in [0.2, 0.25) is 0 Å². The van der Waals surface area contributed by atoms with Gasteiger partial charge in [-0.2, -0.15) is 0 Å². The molecule has 0 radical (unpaired) electrons. The summed E-state index contributed by atoms with van der Waals surface area (Å²) in [6.07, 6.45) is 5.64. The number of carbonyl (C=O) groups is 1. The summed E-state index contributed by atoms with van der Waals surface area (Å²) >= 11 is 0. The van der Waals surface area contributed by atoms with Gasteiger partial charge < -0.3 is 5.32 Å². The molecule has 0 spiro atoms. The molecule has 2 atom stereocenters. The zero-order chi connectivity index (χ0) is 13.8. The van der Waals surface area contributed by atoms with Crippen LogP contribution in [0, 0.1) is 18.7 Å². The SMILES string of the molecule is CCC1CCCCC1NC(=O)c1cccc(C)c1F. The maximum Gasteiger partial charge on any atom is 0.254 e. The molecule has 0 aromatic heterocycles. The van der Waals surface area contributed by atoms with Crippen molar-refractivity contribution < 1.29 is 9.18 Å². The fourth-order valence-electron chi connectivity index (χ4n) is 2.96. The Bertz CT molecular complexity index is 458. The second kappa shape index (κ2) is 6.18. The molecule has 1 fully saturated rings. The molecule has 1 aromatic carbocycles. The number of halogens is 1. The normalized spacial score (nSPS) is 23.1. The molecule has 0 aliphatic heterocycles. The summed E-state index contributed by atoms with van der Waals surface area (Å²) in [5.74, 6) is -0.138. The predicted molar refractivity (Wildman–Crippen MR) is 74.6 cm³/mol. The number of rotatable bonds is 3. The van der Waals surface area contributed by atoms with Crippen molar-refractivity contribution >= 4 is 5.91 Å². The molecule has 104 valence electrons. The Balaban J connectivity index is 2.09. The molecule has 2 unspecified atom stereocenters. The minimum absolute atomic E-state index is 0.167. The van der Waals surface area contributed by atoms with Crippen LogP contribution >= 0.6 is 0 Å². The number of hydrogen-bond donors (Lipinski definition) is 1. The van der Waals surface area contributed by atoms with Crippen LogP contribution in [0.1, 0.15) is 54.9 Å². The summed E-state index contributed by atoms with van der Waals surface area (Å²) in [5, 5.41) is 3.03. The number of aryl methyl sites for hydroxylation is 1. The molecule has 1 aliphatic rings. The van der Waals surface area contributed by atoms with E-state index in [9.17, 15) is 9.18 Å². The largest absolute Gasteiger partial charge is 0.349 e. The van der Waals surface area contributed by atoms with Gasteiger partial charge in [-0.1, -0.05) is 38.3 Å². The van der Waals surface area contributed by atoms with Gasteiger partial charge in [0.25, 0.3) is 5.91 Å². The Morgan fingerprint density at radius 1 is 1.37 bits per heavy atom. The molecule has 1 aromatic rings. The summed E-state index contributed by atoms with van der Waals surface area (Å²) < 4.78 is 13.9. The van der Waals surface area contributed by atoms with Gasteiger partial charge in [-0.3, -0.25) is 4.79 Å². The maximum atomic E-state index is 13.9. The van der Waals surface area contributed by atoms with Crippen LogP contribution in [0.25, 0.3) is 0 Å². The van der Waals surface area contributed by atoms with Crippen LogP contribution in [0.2, 0.25) is 0 Å². The molecule has 1 amide bonds. The van der Waals surface area contributed by atoms with E-state index in [0.717, 1.165) is 25.7 Å². The Hall–Kier alpha value is -1.38. The van der Waals surface area contributed by atoms with Gasteiger partial charge in [0.05, 0.1) is 5.56 Å². The number of carbonyl (C=O) groups excluding carboxylic acids is 1. The highest BCUT2D eigenvalue weighted by atomic mass is 19.1. The summed E-state index contributed by atoms with van der Waals surface area (Å²) in [6, 6.07) is 5.17. The maximum absolute atomic E-state index is 13.9. The van der Waals surface area contributed by atoms with Gasteiger partial charge >= 0.3 is 0 Å². The number of nitrogens with one attached hydrogen (secondary N) is 1. The fourth-order valence-corrected chi connectivity index (χ4v) is 2.96. The lowest BCUT2D eigenvalue weighted by molar-refractivity contribution is 0.0900. The van der Waals surface area contributed by atoms with Gasteiger partial charge in [-0.05, 0) is 37.3 Å². The van der Waals surface area contributed by atoms with Crippen LogP contribution in [0.5, 0.6) is 0 Å². The highest BCUT2D eigenvalue weighted by molar-refractivity contribution is 5.94. The number of benzene rings is 1. The minimum atomic E-state index is -0.399. The van der Waals surface area contributed by atoms with Crippen molar-refractivity contribution in [3.05, 3.63) is 35.1 Å². The summed E-state index contributed by atoms with van der Waals surface area (Å²) in [5.41, 5.74) is 0.684. The van der Waals surface area contributed by atoms with E-state index in [2.05, 4.69) is 12.2 Å². The molecule has 1 aliphatic carbocycles. The highest BCUT2D eigenvalue weighted by Gasteiger charge is 2.26. The van der Waals surface area contributed by atoms with Crippen molar-refractivity contribution in [1.29, 1.82) is 0 Å². The molecule has 0 heterocycles. The van der Waals surface area contributed by atoms with Crippen LogP contribution in [0.15, 0.2) is 18.2 Å². The van der Waals surface area contributed by atoms with Crippen molar-refractivity contribution in [1.82, 2.24) is 5.32 Å². The van der Waals surface area contributed by atoms with Gasteiger partial charge in [0.15, 0.2) is 0 Å². The first kappa shape index (κ1) is 14.0. The first-order valence-electron chi connectivity index (χ1n) is 7.19.